The van der Waals surface area contributed by atoms with E-state index >= 15 is 0 Å². The van der Waals surface area contributed by atoms with E-state index in [1.165, 1.54) is 0 Å². The largest absolute Gasteiger partial charge is 0.470 e. The molecule has 0 aromatic carbocycles. The van der Waals surface area contributed by atoms with Gasteiger partial charge in [-0.15, -0.1) is 0 Å². The maximum absolute atomic E-state index is 13.1. The molecule has 0 aromatic heterocycles. The zero-order chi connectivity index (χ0) is 17.9. The van der Waals surface area contributed by atoms with Gasteiger partial charge >= 0.3 is 0 Å². The molecular weight excluding hydrogens is 316 g/mol. The molecule has 0 aromatic rings. The van der Waals surface area contributed by atoms with E-state index in [0.29, 0.717) is 25.7 Å². The molecule has 6 nitrogen and oxygen atoms in total. The molecule has 1 saturated heterocycles. The lowest BCUT2D eigenvalue weighted by Crippen LogP contribution is -2.68. The number of nitrogens with zero attached hydrogens (tertiary/aromatic N) is 3. The standard InChI is InChI=1S/C19H20N4O2/c20-10-17(11-21)18(12-22)15(23)25-19(17)8-4-1-5-13(19)9-16(18)7-3-2-6-14(16)24/h13,23H,1-9H2/t13-,16+,18-,19-/m0/s1. The molecule has 2 bridgehead atoms. The number of ether oxygens (including phenoxy) is 1. The number of rotatable bonds is 0. The van der Waals surface area contributed by atoms with Gasteiger partial charge in [-0.25, -0.2) is 0 Å². The summed E-state index contributed by atoms with van der Waals surface area (Å²) in [4.78, 5) is 13.1. The Hall–Kier alpha value is -2.39. The van der Waals surface area contributed by atoms with Crippen LogP contribution in [0.25, 0.3) is 0 Å². The lowest BCUT2D eigenvalue weighted by molar-refractivity contribution is -0.163. The second kappa shape index (κ2) is 4.83. The summed E-state index contributed by atoms with van der Waals surface area (Å²) in [7, 11) is 0. The van der Waals surface area contributed by atoms with Gasteiger partial charge in [0.2, 0.25) is 11.3 Å². The highest BCUT2D eigenvalue weighted by atomic mass is 16.5. The van der Waals surface area contributed by atoms with E-state index in [0.717, 1.165) is 32.1 Å². The van der Waals surface area contributed by atoms with Gasteiger partial charge in [0.05, 0.1) is 23.6 Å². The third-order valence-electron chi connectivity index (χ3n) is 7.44. The Morgan fingerprint density at radius 1 is 1.04 bits per heavy atom. The Kier molecular flexibility index (Phi) is 3.11. The van der Waals surface area contributed by atoms with Crippen molar-refractivity contribution in [2.75, 3.05) is 0 Å². The molecule has 2 spiro atoms. The van der Waals surface area contributed by atoms with E-state index in [1.54, 1.807) is 0 Å². The summed E-state index contributed by atoms with van der Waals surface area (Å²) in [5.41, 5.74) is -5.83. The summed E-state index contributed by atoms with van der Waals surface area (Å²) in [6.45, 7) is 0. The number of carbonyl (C=O) groups excluding carboxylic acids is 1. The average molecular weight is 336 g/mol. The zero-order valence-corrected chi connectivity index (χ0v) is 14.1. The normalized spacial score (nSPS) is 44.1. The van der Waals surface area contributed by atoms with Crippen molar-refractivity contribution in [3.8, 4) is 18.2 Å². The van der Waals surface area contributed by atoms with Crippen LogP contribution in [0.3, 0.4) is 0 Å². The Bertz CT molecular complexity index is 786. The molecule has 0 unspecified atom stereocenters. The number of carbonyl (C=O) groups is 1. The number of ketones is 1. The summed E-state index contributed by atoms with van der Waals surface area (Å²) in [5.74, 6) is -0.519. The van der Waals surface area contributed by atoms with Gasteiger partial charge in [-0.05, 0) is 38.5 Å². The molecule has 4 aliphatic rings. The van der Waals surface area contributed by atoms with Crippen molar-refractivity contribution in [3.63, 3.8) is 0 Å². The summed E-state index contributed by atoms with van der Waals surface area (Å²) < 4.78 is 6.01. The molecule has 4 fully saturated rings. The molecule has 1 N–H and O–H groups in total. The quantitative estimate of drug-likeness (QED) is 0.728. The van der Waals surface area contributed by atoms with Gasteiger partial charge in [0.25, 0.3) is 0 Å². The summed E-state index contributed by atoms with van der Waals surface area (Å²) in [5, 5.41) is 39.1. The van der Waals surface area contributed by atoms with Crippen molar-refractivity contribution in [2.24, 2.45) is 22.2 Å². The van der Waals surface area contributed by atoms with Gasteiger partial charge in [0, 0.05) is 12.3 Å². The fourth-order valence-corrected chi connectivity index (χ4v) is 6.41. The van der Waals surface area contributed by atoms with Crippen molar-refractivity contribution < 1.29 is 9.53 Å². The SMILES string of the molecule is N#CC1(C#N)[C@]23CCCC[C@H]2C[C@@]2(CCCCC2=O)[C@]1(C#N)C(=N)O3. The van der Waals surface area contributed by atoms with E-state index < -0.39 is 21.8 Å². The van der Waals surface area contributed by atoms with Crippen LogP contribution in [0.2, 0.25) is 0 Å². The lowest BCUT2D eigenvalue weighted by Gasteiger charge is -2.58. The molecule has 0 radical (unpaired) electrons. The maximum Gasteiger partial charge on any atom is 0.211 e. The molecule has 0 amide bonds. The Morgan fingerprint density at radius 2 is 1.76 bits per heavy atom. The number of Topliss-reactive ketones (excluding diaryl/α,β-unsaturated/α-hetero) is 1. The number of hydrogen-bond donors (Lipinski definition) is 1. The zero-order valence-electron chi connectivity index (χ0n) is 14.1. The molecule has 1 aliphatic heterocycles. The number of fused-ring (bicyclic) bond motifs is 2. The predicted octanol–water partition coefficient (Wildman–Crippen LogP) is 3.00. The van der Waals surface area contributed by atoms with Crippen LogP contribution in [-0.2, 0) is 9.53 Å². The average Bonchev–Trinajstić information content (AvgIpc) is 2.78. The first-order valence-corrected chi connectivity index (χ1v) is 9.05. The van der Waals surface area contributed by atoms with Gasteiger partial charge in [0.1, 0.15) is 11.4 Å². The number of nitriles is 3. The number of nitrogens with one attached hydrogen (secondary N) is 1. The van der Waals surface area contributed by atoms with Crippen LogP contribution in [-0.4, -0.2) is 17.3 Å². The van der Waals surface area contributed by atoms with Gasteiger partial charge in [0.15, 0.2) is 5.41 Å². The monoisotopic (exact) mass is 336 g/mol. The molecule has 4 rings (SSSR count). The minimum atomic E-state index is -1.79. The van der Waals surface area contributed by atoms with E-state index in [9.17, 15) is 20.6 Å². The Morgan fingerprint density at radius 3 is 2.40 bits per heavy atom. The van der Waals surface area contributed by atoms with Gasteiger partial charge in [-0.2, -0.15) is 15.8 Å². The molecule has 3 saturated carbocycles. The van der Waals surface area contributed by atoms with Crippen LogP contribution in [0.15, 0.2) is 0 Å². The van der Waals surface area contributed by atoms with E-state index in [4.69, 9.17) is 10.1 Å². The Labute approximate surface area is 146 Å². The van der Waals surface area contributed by atoms with Crippen molar-refractivity contribution in [1.29, 1.82) is 21.2 Å². The van der Waals surface area contributed by atoms with Crippen molar-refractivity contribution in [3.05, 3.63) is 0 Å². The van der Waals surface area contributed by atoms with Crippen LogP contribution in [0.4, 0.5) is 0 Å². The second-order valence-electron chi connectivity index (χ2n) is 8.02. The summed E-state index contributed by atoms with van der Waals surface area (Å²) in [6, 6.07) is 6.42. The highest BCUT2D eigenvalue weighted by Gasteiger charge is 2.87. The summed E-state index contributed by atoms with van der Waals surface area (Å²) >= 11 is 0. The fraction of sp³-hybridized carbons (Fsp3) is 0.737. The second-order valence-corrected chi connectivity index (χ2v) is 8.02. The minimum Gasteiger partial charge on any atom is -0.470 e. The first-order chi connectivity index (χ1) is 12.0. The Balaban J connectivity index is 2.08. The van der Waals surface area contributed by atoms with E-state index in [2.05, 4.69) is 18.2 Å². The van der Waals surface area contributed by atoms with Gasteiger partial charge in [-0.1, -0.05) is 12.8 Å². The van der Waals surface area contributed by atoms with E-state index in [-0.39, 0.29) is 17.6 Å². The number of hydrogen-bond acceptors (Lipinski definition) is 6. The fourth-order valence-electron chi connectivity index (χ4n) is 6.41. The van der Waals surface area contributed by atoms with Crippen LogP contribution in [0.5, 0.6) is 0 Å². The van der Waals surface area contributed by atoms with Crippen molar-refractivity contribution in [2.45, 2.75) is 63.4 Å². The highest BCUT2D eigenvalue weighted by molar-refractivity contribution is 6.00. The first kappa shape index (κ1) is 16.1. The smallest absolute Gasteiger partial charge is 0.211 e. The molecule has 3 aliphatic carbocycles. The molecule has 128 valence electrons. The van der Waals surface area contributed by atoms with Crippen LogP contribution < -0.4 is 0 Å². The predicted molar refractivity (Wildman–Crippen MR) is 85.7 cm³/mol. The van der Waals surface area contributed by atoms with Crippen molar-refractivity contribution in [1.82, 2.24) is 0 Å². The molecule has 6 heteroatoms. The molecular formula is C19H20N4O2. The third-order valence-corrected chi connectivity index (χ3v) is 7.44. The van der Waals surface area contributed by atoms with Crippen molar-refractivity contribution >= 4 is 11.7 Å². The lowest BCUT2D eigenvalue weighted by atomic mass is 9.37. The highest BCUT2D eigenvalue weighted by Crippen LogP contribution is 2.75. The van der Waals surface area contributed by atoms with Gasteiger partial charge < -0.3 is 4.74 Å². The third kappa shape index (κ3) is 1.38. The molecule has 4 atom stereocenters. The maximum atomic E-state index is 13.1. The van der Waals surface area contributed by atoms with Gasteiger partial charge in [-0.3, -0.25) is 10.2 Å². The minimum absolute atomic E-state index is 0.0652. The molecule has 25 heavy (non-hydrogen) atoms. The topological polar surface area (TPSA) is 122 Å². The van der Waals surface area contributed by atoms with Crippen LogP contribution in [0.1, 0.15) is 57.8 Å². The summed E-state index contributed by atoms with van der Waals surface area (Å²) in [6.07, 6.45) is 5.84. The van der Waals surface area contributed by atoms with E-state index in [1.807, 2.05) is 0 Å². The van der Waals surface area contributed by atoms with Crippen LogP contribution in [0, 0.1) is 61.6 Å². The molecule has 1 heterocycles. The van der Waals surface area contributed by atoms with Crippen LogP contribution >= 0.6 is 0 Å². The first-order valence-electron chi connectivity index (χ1n) is 9.05.